The molecule has 1 aromatic carbocycles. The molecule has 0 saturated carbocycles. The predicted molar refractivity (Wildman–Crippen MR) is 54.9 cm³/mol. The number of hydrogen-bond acceptors (Lipinski definition) is 2. The maximum Gasteiger partial charge on any atom is 0.145 e. The van der Waals surface area contributed by atoms with Gasteiger partial charge in [0.15, 0.2) is 0 Å². The number of nitrogens with zero attached hydrogens (tertiary/aromatic N) is 2. The van der Waals surface area contributed by atoms with Gasteiger partial charge in [-0.05, 0) is 11.1 Å². The zero-order valence-electron chi connectivity index (χ0n) is 7.11. The summed E-state index contributed by atoms with van der Waals surface area (Å²) >= 11 is 11.4. The first-order chi connectivity index (χ1) is 6.69. The van der Waals surface area contributed by atoms with Gasteiger partial charge in [0.05, 0.1) is 12.1 Å². The molecule has 0 aliphatic carbocycles. The van der Waals surface area contributed by atoms with Crippen molar-refractivity contribution in [3.05, 3.63) is 35.4 Å². The van der Waals surface area contributed by atoms with Crippen LogP contribution in [-0.2, 0) is 0 Å². The zero-order chi connectivity index (χ0) is 10.6. The van der Waals surface area contributed by atoms with Crippen LogP contribution in [0.5, 0.6) is 0 Å². The van der Waals surface area contributed by atoms with E-state index < -0.39 is 10.8 Å². The van der Waals surface area contributed by atoms with E-state index in [2.05, 4.69) is 0 Å². The summed E-state index contributed by atoms with van der Waals surface area (Å²) in [5, 5.41) is 15.8. The number of hydrogen-bond donors (Lipinski definition) is 0. The van der Waals surface area contributed by atoms with E-state index in [0.717, 1.165) is 0 Å². The van der Waals surface area contributed by atoms with Crippen LogP contribution < -0.4 is 0 Å². The number of nitriles is 2. The maximum atomic E-state index is 8.55. The number of benzene rings is 1. The van der Waals surface area contributed by atoms with Crippen molar-refractivity contribution in [2.75, 3.05) is 0 Å². The molecule has 0 saturated heterocycles. The van der Waals surface area contributed by atoms with Crippen LogP contribution in [-0.4, -0.2) is 0 Å². The SMILES string of the molecule is N#CC(Cl)c1ccc(C(Cl)C#N)cc1. The van der Waals surface area contributed by atoms with Gasteiger partial charge in [0.25, 0.3) is 0 Å². The molecule has 2 unspecified atom stereocenters. The molecular formula is C10H6Cl2N2. The van der Waals surface area contributed by atoms with Crippen LogP contribution in [0.1, 0.15) is 21.9 Å². The summed E-state index contributed by atoms with van der Waals surface area (Å²) in [4.78, 5) is 0. The molecular weight excluding hydrogens is 219 g/mol. The Balaban J connectivity index is 2.91. The predicted octanol–water partition coefficient (Wildman–Crippen LogP) is 3.29. The van der Waals surface area contributed by atoms with E-state index in [1.165, 1.54) is 0 Å². The van der Waals surface area contributed by atoms with E-state index in [1.807, 2.05) is 12.1 Å². The highest BCUT2D eigenvalue weighted by molar-refractivity contribution is 6.23. The van der Waals surface area contributed by atoms with Crippen molar-refractivity contribution < 1.29 is 0 Å². The van der Waals surface area contributed by atoms with Crippen LogP contribution >= 0.6 is 23.2 Å². The second-order valence-corrected chi connectivity index (χ2v) is 3.52. The summed E-state index contributed by atoms with van der Waals surface area (Å²) in [6, 6.07) is 10.6. The molecule has 0 spiro atoms. The molecule has 0 fully saturated rings. The molecule has 0 bridgehead atoms. The van der Waals surface area contributed by atoms with Crippen LogP contribution in [0.4, 0.5) is 0 Å². The van der Waals surface area contributed by atoms with Gasteiger partial charge in [0, 0.05) is 0 Å². The van der Waals surface area contributed by atoms with Gasteiger partial charge >= 0.3 is 0 Å². The number of alkyl halides is 2. The Bertz CT molecular complexity index is 347. The van der Waals surface area contributed by atoms with Gasteiger partial charge in [-0.15, -0.1) is 23.2 Å². The molecule has 2 nitrogen and oxygen atoms in total. The van der Waals surface area contributed by atoms with Crippen molar-refractivity contribution >= 4 is 23.2 Å². The van der Waals surface area contributed by atoms with E-state index in [1.54, 1.807) is 24.3 Å². The molecule has 0 heterocycles. The first-order valence-corrected chi connectivity index (χ1v) is 4.73. The second kappa shape index (κ2) is 4.86. The van der Waals surface area contributed by atoms with E-state index in [4.69, 9.17) is 33.7 Å². The standard InChI is InChI=1S/C10H6Cl2N2/c11-9(5-13)7-1-2-8(4-3-7)10(12)6-14/h1-4,9-10H. The topological polar surface area (TPSA) is 47.6 Å². The molecule has 0 aliphatic rings. The van der Waals surface area contributed by atoms with Crippen LogP contribution in [0.15, 0.2) is 24.3 Å². The quantitative estimate of drug-likeness (QED) is 0.725. The summed E-state index contributed by atoms with van der Waals surface area (Å²) in [5.74, 6) is 0. The molecule has 14 heavy (non-hydrogen) atoms. The molecule has 0 aromatic heterocycles. The lowest BCUT2D eigenvalue weighted by molar-refractivity contribution is 1.17. The minimum atomic E-state index is -0.653. The minimum absolute atomic E-state index is 0.653. The highest BCUT2D eigenvalue weighted by Crippen LogP contribution is 2.24. The van der Waals surface area contributed by atoms with Crippen LogP contribution in [0.3, 0.4) is 0 Å². The fourth-order valence-corrected chi connectivity index (χ4v) is 1.27. The summed E-state index contributed by atoms with van der Waals surface area (Å²) in [6.45, 7) is 0. The fraction of sp³-hybridized carbons (Fsp3) is 0.200. The summed E-state index contributed by atoms with van der Waals surface area (Å²) < 4.78 is 0. The highest BCUT2D eigenvalue weighted by Gasteiger charge is 2.08. The van der Waals surface area contributed by atoms with E-state index in [9.17, 15) is 0 Å². The lowest BCUT2D eigenvalue weighted by Gasteiger charge is -2.03. The molecule has 70 valence electrons. The molecule has 1 rings (SSSR count). The Hall–Kier alpha value is -1.22. The fourth-order valence-electron chi connectivity index (χ4n) is 0.983. The number of halogens is 2. The van der Waals surface area contributed by atoms with E-state index in [-0.39, 0.29) is 0 Å². The lowest BCUT2D eigenvalue weighted by Crippen LogP contribution is -1.89. The monoisotopic (exact) mass is 224 g/mol. The first-order valence-electron chi connectivity index (χ1n) is 3.86. The minimum Gasteiger partial charge on any atom is -0.196 e. The Kier molecular flexibility index (Phi) is 3.77. The van der Waals surface area contributed by atoms with Crippen molar-refractivity contribution in [3.8, 4) is 12.1 Å². The molecule has 2 atom stereocenters. The van der Waals surface area contributed by atoms with Crippen molar-refractivity contribution in [1.82, 2.24) is 0 Å². The van der Waals surface area contributed by atoms with Crippen molar-refractivity contribution in [1.29, 1.82) is 10.5 Å². The lowest BCUT2D eigenvalue weighted by atomic mass is 10.1. The van der Waals surface area contributed by atoms with Crippen LogP contribution in [0.2, 0.25) is 0 Å². The van der Waals surface area contributed by atoms with Crippen molar-refractivity contribution in [2.24, 2.45) is 0 Å². The van der Waals surface area contributed by atoms with Crippen molar-refractivity contribution in [3.63, 3.8) is 0 Å². The highest BCUT2D eigenvalue weighted by atomic mass is 35.5. The third-order valence-corrected chi connectivity index (χ3v) is 2.45. The largest absolute Gasteiger partial charge is 0.196 e. The molecule has 0 N–H and O–H groups in total. The van der Waals surface area contributed by atoms with Gasteiger partial charge in [-0.25, -0.2) is 0 Å². The third kappa shape index (κ3) is 2.39. The summed E-state index contributed by atoms with van der Waals surface area (Å²) in [6.07, 6.45) is 0. The summed E-state index contributed by atoms with van der Waals surface area (Å²) in [5.41, 5.74) is 1.42. The first kappa shape index (κ1) is 10.9. The molecule has 1 aromatic rings. The van der Waals surface area contributed by atoms with Crippen molar-refractivity contribution in [2.45, 2.75) is 10.8 Å². The van der Waals surface area contributed by atoms with Crippen LogP contribution in [0, 0.1) is 22.7 Å². The van der Waals surface area contributed by atoms with E-state index >= 15 is 0 Å². The van der Waals surface area contributed by atoms with Gasteiger partial charge in [0.2, 0.25) is 0 Å². The van der Waals surface area contributed by atoms with Crippen LogP contribution in [0.25, 0.3) is 0 Å². The second-order valence-electron chi connectivity index (χ2n) is 2.65. The van der Waals surface area contributed by atoms with Gasteiger partial charge in [-0.1, -0.05) is 24.3 Å². The molecule has 0 radical (unpaired) electrons. The maximum absolute atomic E-state index is 8.55. The molecule has 0 aliphatic heterocycles. The molecule has 0 amide bonds. The Labute approximate surface area is 92.3 Å². The smallest absolute Gasteiger partial charge is 0.145 e. The third-order valence-electron chi connectivity index (χ3n) is 1.75. The van der Waals surface area contributed by atoms with Gasteiger partial charge in [0.1, 0.15) is 10.8 Å². The normalized spacial score (nSPS) is 13.7. The summed E-state index contributed by atoms with van der Waals surface area (Å²) in [7, 11) is 0. The Morgan fingerprint density at radius 3 is 1.36 bits per heavy atom. The van der Waals surface area contributed by atoms with E-state index in [0.29, 0.717) is 11.1 Å². The van der Waals surface area contributed by atoms with Gasteiger partial charge in [-0.3, -0.25) is 0 Å². The average Bonchev–Trinajstić information content (AvgIpc) is 2.27. The zero-order valence-corrected chi connectivity index (χ0v) is 8.63. The average molecular weight is 225 g/mol. The number of rotatable bonds is 2. The molecule has 4 heteroatoms. The van der Waals surface area contributed by atoms with Gasteiger partial charge in [-0.2, -0.15) is 10.5 Å². The Morgan fingerprint density at radius 1 is 0.857 bits per heavy atom. The Morgan fingerprint density at radius 2 is 1.14 bits per heavy atom. The van der Waals surface area contributed by atoms with Gasteiger partial charge < -0.3 is 0 Å².